The first-order chi connectivity index (χ1) is 9.29. The highest BCUT2D eigenvalue weighted by Crippen LogP contribution is 2.25. The van der Waals surface area contributed by atoms with Crippen LogP contribution in [0, 0.1) is 0 Å². The standard InChI is InChI=1S/C15H17N3O/c1-16-13(10-11-6-5-9-19-11)15-12-7-3-4-8-14(12)18(2)17-15/h3-9,13,16H,10H2,1-2H3. The molecule has 2 heterocycles. The van der Waals surface area contributed by atoms with E-state index in [1.807, 2.05) is 43.0 Å². The molecule has 0 amide bonds. The maximum absolute atomic E-state index is 5.43. The molecule has 98 valence electrons. The molecule has 0 radical (unpaired) electrons. The van der Waals surface area contributed by atoms with Gasteiger partial charge in [0.2, 0.25) is 0 Å². The normalized spacial score (nSPS) is 12.9. The molecule has 4 heteroatoms. The lowest BCUT2D eigenvalue weighted by Crippen LogP contribution is -2.19. The van der Waals surface area contributed by atoms with Crippen molar-refractivity contribution in [2.24, 2.45) is 7.05 Å². The van der Waals surface area contributed by atoms with E-state index in [1.165, 1.54) is 5.39 Å². The molecule has 1 atom stereocenters. The summed E-state index contributed by atoms with van der Waals surface area (Å²) in [5.74, 6) is 0.967. The molecule has 1 aromatic carbocycles. The van der Waals surface area contributed by atoms with E-state index in [2.05, 4.69) is 22.5 Å². The number of rotatable bonds is 4. The summed E-state index contributed by atoms with van der Waals surface area (Å²) < 4.78 is 7.36. The van der Waals surface area contributed by atoms with E-state index in [-0.39, 0.29) is 6.04 Å². The zero-order valence-corrected chi connectivity index (χ0v) is 11.1. The average molecular weight is 255 g/mol. The number of aromatic nitrogens is 2. The van der Waals surface area contributed by atoms with Gasteiger partial charge in [-0.05, 0) is 25.2 Å². The highest BCUT2D eigenvalue weighted by atomic mass is 16.3. The fourth-order valence-electron chi connectivity index (χ4n) is 2.46. The molecule has 0 aliphatic rings. The number of benzene rings is 1. The Hall–Kier alpha value is -2.07. The Morgan fingerprint density at radius 2 is 2.11 bits per heavy atom. The van der Waals surface area contributed by atoms with Gasteiger partial charge in [0.15, 0.2) is 0 Å². The second kappa shape index (κ2) is 4.90. The quantitative estimate of drug-likeness (QED) is 0.779. The summed E-state index contributed by atoms with van der Waals surface area (Å²) in [6.45, 7) is 0. The molecular formula is C15H17N3O. The molecule has 0 fully saturated rings. The number of fused-ring (bicyclic) bond motifs is 1. The largest absolute Gasteiger partial charge is 0.469 e. The van der Waals surface area contributed by atoms with Crippen LogP contribution in [0.4, 0.5) is 0 Å². The van der Waals surface area contributed by atoms with Crippen molar-refractivity contribution in [2.45, 2.75) is 12.5 Å². The summed E-state index contributed by atoms with van der Waals surface area (Å²) in [6.07, 6.45) is 2.50. The van der Waals surface area contributed by atoms with Crippen LogP contribution in [0.3, 0.4) is 0 Å². The molecule has 0 saturated heterocycles. The first kappa shape index (κ1) is 12.0. The number of para-hydroxylation sites is 1. The predicted octanol–water partition coefficient (Wildman–Crippen LogP) is 2.67. The summed E-state index contributed by atoms with van der Waals surface area (Å²) in [4.78, 5) is 0. The van der Waals surface area contributed by atoms with Crippen molar-refractivity contribution in [3.05, 3.63) is 54.1 Å². The van der Waals surface area contributed by atoms with Crippen molar-refractivity contribution in [1.82, 2.24) is 15.1 Å². The fourth-order valence-corrected chi connectivity index (χ4v) is 2.46. The van der Waals surface area contributed by atoms with Crippen LogP contribution in [0.25, 0.3) is 10.9 Å². The minimum absolute atomic E-state index is 0.150. The lowest BCUT2D eigenvalue weighted by Gasteiger charge is -2.12. The van der Waals surface area contributed by atoms with Gasteiger partial charge < -0.3 is 9.73 Å². The van der Waals surface area contributed by atoms with E-state index in [0.717, 1.165) is 23.4 Å². The highest BCUT2D eigenvalue weighted by molar-refractivity contribution is 5.82. The van der Waals surface area contributed by atoms with E-state index in [4.69, 9.17) is 4.42 Å². The molecule has 4 nitrogen and oxygen atoms in total. The van der Waals surface area contributed by atoms with Crippen LogP contribution in [0.15, 0.2) is 47.1 Å². The third-order valence-corrected chi connectivity index (χ3v) is 3.45. The van der Waals surface area contributed by atoms with Gasteiger partial charge >= 0.3 is 0 Å². The van der Waals surface area contributed by atoms with Crippen molar-refractivity contribution in [1.29, 1.82) is 0 Å². The smallest absolute Gasteiger partial charge is 0.105 e. The number of likely N-dealkylation sites (N-methyl/N-ethyl adjacent to an activating group) is 1. The average Bonchev–Trinajstić information content (AvgIpc) is 3.05. The van der Waals surface area contributed by atoms with Crippen LogP contribution >= 0.6 is 0 Å². The molecule has 0 saturated carbocycles. The van der Waals surface area contributed by atoms with Crippen molar-refractivity contribution in [2.75, 3.05) is 7.05 Å². The summed E-state index contributed by atoms with van der Waals surface area (Å²) in [7, 11) is 3.93. The number of hydrogen-bond donors (Lipinski definition) is 1. The van der Waals surface area contributed by atoms with Gasteiger partial charge in [0.1, 0.15) is 5.76 Å². The van der Waals surface area contributed by atoms with Gasteiger partial charge in [-0.1, -0.05) is 18.2 Å². The lowest BCUT2D eigenvalue weighted by molar-refractivity contribution is 0.460. The van der Waals surface area contributed by atoms with Crippen LogP contribution in [-0.2, 0) is 13.5 Å². The van der Waals surface area contributed by atoms with Gasteiger partial charge in [0.05, 0.1) is 23.5 Å². The molecule has 1 unspecified atom stereocenters. The summed E-state index contributed by atoms with van der Waals surface area (Å²) in [6, 6.07) is 12.4. The first-order valence-corrected chi connectivity index (χ1v) is 6.41. The number of furan rings is 1. The Morgan fingerprint density at radius 3 is 2.84 bits per heavy atom. The van der Waals surface area contributed by atoms with Gasteiger partial charge in [-0.2, -0.15) is 5.10 Å². The van der Waals surface area contributed by atoms with Gasteiger partial charge in [-0.3, -0.25) is 4.68 Å². The maximum Gasteiger partial charge on any atom is 0.105 e. The zero-order valence-electron chi connectivity index (χ0n) is 11.1. The van der Waals surface area contributed by atoms with E-state index in [1.54, 1.807) is 6.26 Å². The summed E-state index contributed by atoms with van der Waals surface area (Å²) in [5, 5.41) is 9.17. The van der Waals surface area contributed by atoms with Crippen molar-refractivity contribution < 1.29 is 4.42 Å². The first-order valence-electron chi connectivity index (χ1n) is 6.41. The summed E-state index contributed by atoms with van der Waals surface area (Å²) in [5.41, 5.74) is 2.22. The Morgan fingerprint density at radius 1 is 1.26 bits per heavy atom. The monoisotopic (exact) mass is 255 g/mol. The Balaban J connectivity index is 2.01. The Bertz CT molecular complexity index is 670. The minimum atomic E-state index is 0.150. The van der Waals surface area contributed by atoms with E-state index in [0.29, 0.717) is 0 Å². The van der Waals surface area contributed by atoms with Crippen molar-refractivity contribution >= 4 is 10.9 Å². The molecule has 1 N–H and O–H groups in total. The molecular weight excluding hydrogens is 238 g/mol. The van der Waals surface area contributed by atoms with Crippen LogP contribution in [0.1, 0.15) is 17.5 Å². The number of nitrogens with one attached hydrogen (secondary N) is 1. The molecule has 3 rings (SSSR count). The third-order valence-electron chi connectivity index (χ3n) is 3.45. The topological polar surface area (TPSA) is 43.0 Å². The highest BCUT2D eigenvalue weighted by Gasteiger charge is 2.18. The van der Waals surface area contributed by atoms with E-state index < -0.39 is 0 Å². The molecule has 0 spiro atoms. The lowest BCUT2D eigenvalue weighted by atomic mass is 10.1. The number of aryl methyl sites for hydroxylation is 1. The maximum atomic E-state index is 5.43. The molecule has 19 heavy (non-hydrogen) atoms. The third kappa shape index (κ3) is 2.15. The van der Waals surface area contributed by atoms with Crippen LogP contribution < -0.4 is 5.32 Å². The Labute approximate surface area is 112 Å². The van der Waals surface area contributed by atoms with Crippen LogP contribution in [0.5, 0.6) is 0 Å². The Kier molecular flexibility index (Phi) is 3.09. The van der Waals surface area contributed by atoms with Gasteiger partial charge in [0.25, 0.3) is 0 Å². The van der Waals surface area contributed by atoms with E-state index in [9.17, 15) is 0 Å². The predicted molar refractivity (Wildman–Crippen MR) is 74.9 cm³/mol. The number of hydrogen-bond acceptors (Lipinski definition) is 3. The molecule has 3 aromatic rings. The second-order valence-electron chi connectivity index (χ2n) is 4.65. The SMILES string of the molecule is CNC(Cc1ccco1)c1nn(C)c2ccccc12. The number of nitrogens with zero attached hydrogens (tertiary/aromatic N) is 2. The molecule has 0 aliphatic carbocycles. The second-order valence-corrected chi connectivity index (χ2v) is 4.65. The van der Waals surface area contributed by atoms with E-state index >= 15 is 0 Å². The molecule has 0 bridgehead atoms. The fraction of sp³-hybridized carbons (Fsp3) is 0.267. The zero-order chi connectivity index (χ0) is 13.2. The molecule has 0 aliphatic heterocycles. The minimum Gasteiger partial charge on any atom is -0.469 e. The van der Waals surface area contributed by atoms with Crippen LogP contribution in [-0.4, -0.2) is 16.8 Å². The van der Waals surface area contributed by atoms with Gasteiger partial charge in [-0.15, -0.1) is 0 Å². The van der Waals surface area contributed by atoms with Crippen molar-refractivity contribution in [3.63, 3.8) is 0 Å². The van der Waals surface area contributed by atoms with Gasteiger partial charge in [-0.25, -0.2) is 0 Å². The van der Waals surface area contributed by atoms with Crippen molar-refractivity contribution in [3.8, 4) is 0 Å². The van der Waals surface area contributed by atoms with Gasteiger partial charge in [0, 0.05) is 18.9 Å². The molecule has 2 aromatic heterocycles. The van der Waals surface area contributed by atoms with Crippen LogP contribution in [0.2, 0.25) is 0 Å². The summed E-state index contributed by atoms with van der Waals surface area (Å²) >= 11 is 0.